The number of hydrogen-bond donors (Lipinski definition) is 1. The zero-order chi connectivity index (χ0) is 29.4. The number of anilines is 1. The first-order chi connectivity index (χ1) is 19.7. The van der Waals surface area contributed by atoms with E-state index in [0.717, 1.165) is 29.7 Å². The number of pyridine rings is 1. The molecule has 3 aromatic heterocycles. The lowest BCUT2D eigenvalue weighted by Gasteiger charge is -2.23. The number of rotatable bonds is 8. The first kappa shape index (κ1) is 28.0. The molecule has 4 heterocycles. The predicted molar refractivity (Wildman–Crippen MR) is 154 cm³/mol. The summed E-state index contributed by atoms with van der Waals surface area (Å²) in [6.45, 7) is 7.89. The Bertz CT molecular complexity index is 1720. The van der Waals surface area contributed by atoms with Gasteiger partial charge in [0.2, 0.25) is 0 Å². The molecule has 1 aliphatic heterocycles. The number of carbonyl (C=O) groups excluding carboxylic acids is 3. The van der Waals surface area contributed by atoms with Crippen LogP contribution in [0.15, 0.2) is 48.2 Å². The van der Waals surface area contributed by atoms with Crippen LogP contribution in [0.5, 0.6) is 5.75 Å². The van der Waals surface area contributed by atoms with Gasteiger partial charge in [-0.2, -0.15) is 0 Å². The van der Waals surface area contributed by atoms with E-state index in [2.05, 4.69) is 16.9 Å². The van der Waals surface area contributed by atoms with E-state index in [-0.39, 0.29) is 21.3 Å². The van der Waals surface area contributed by atoms with Crippen LogP contribution < -0.4 is 9.64 Å². The van der Waals surface area contributed by atoms with Crippen molar-refractivity contribution in [3.05, 3.63) is 81.3 Å². The first-order valence-corrected chi connectivity index (χ1v) is 14.0. The molecule has 212 valence electrons. The molecule has 0 aliphatic carbocycles. The highest BCUT2D eigenvalue weighted by Gasteiger charge is 2.49. The van der Waals surface area contributed by atoms with Crippen molar-refractivity contribution in [2.75, 3.05) is 18.6 Å². The Morgan fingerprint density at radius 3 is 2.61 bits per heavy atom. The maximum Gasteiger partial charge on any atom is 0.350 e. The number of ketones is 1. The van der Waals surface area contributed by atoms with Crippen molar-refractivity contribution in [1.29, 1.82) is 0 Å². The molecule has 0 saturated carbocycles. The van der Waals surface area contributed by atoms with Crippen molar-refractivity contribution in [1.82, 2.24) is 14.4 Å². The lowest BCUT2D eigenvalue weighted by Crippen LogP contribution is -2.29. The van der Waals surface area contributed by atoms with Crippen LogP contribution >= 0.6 is 11.3 Å². The number of aromatic nitrogens is 3. The van der Waals surface area contributed by atoms with Crippen LogP contribution in [0.25, 0.3) is 11.4 Å². The van der Waals surface area contributed by atoms with Gasteiger partial charge < -0.3 is 19.0 Å². The lowest BCUT2D eigenvalue weighted by atomic mass is 9.96. The van der Waals surface area contributed by atoms with Gasteiger partial charge in [-0.15, -0.1) is 0 Å². The van der Waals surface area contributed by atoms with Gasteiger partial charge in [0.15, 0.2) is 10.9 Å². The van der Waals surface area contributed by atoms with Crippen molar-refractivity contribution in [2.45, 2.75) is 46.6 Å². The number of carbonyl (C=O) groups is 3. The number of fused-ring (bicyclic) bond motifs is 1. The number of unbranched alkanes of at least 4 members (excludes halogenated alkanes) is 1. The minimum absolute atomic E-state index is 0.127. The molecule has 0 radical (unpaired) electrons. The zero-order valence-electron chi connectivity index (χ0n) is 23.4. The quantitative estimate of drug-likeness (QED) is 0.0988. The van der Waals surface area contributed by atoms with Gasteiger partial charge in [0.1, 0.15) is 22.0 Å². The molecule has 1 N–H and O–H groups in total. The monoisotopic (exact) mass is 574 g/mol. The van der Waals surface area contributed by atoms with Crippen LogP contribution in [0.4, 0.5) is 5.13 Å². The summed E-state index contributed by atoms with van der Waals surface area (Å²) in [5.74, 6) is -2.19. The van der Waals surface area contributed by atoms with Gasteiger partial charge in [0, 0.05) is 6.20 Å². The zero-order valence-corrected chi connectivity index (χ0v) is 24.2. The van der Waals surface area contributed by atoms with Crippen LogP contribution in [0.2, 0.25) is 0 Å². The number of aliphatic hydroxyl groups is 1. The summed E-state index contributed by atoms with van der Waals surface area (Å²) < 4.78 is 12.6. The van der Waals surface area contributed by atoms with Crippen LogP contribution in [0.3, 0.4) is 0 Å². The van der Waals surface area contributed by atoms with E-state index in [1.807, 2.05) is 29.7 Å². The van der Waals surface area contributed by atoms with Crippen molar-refractivity contribution in [2.24, 2.45) is 0 Å². The second-order valence-corrected chi connectivity index (χ2v) is 10.8. The number of benzene rings is 1. The summed E-state index contributed by atoms with van der Waals surface area (Å²) in [5, 5.41) is 11.8. The Balaban J connectivity index is 1.72. The summed E-state index contributed by atoms with van der Waals surface area (Å²) in [5.41, 5.74) is 3.09. The van der Waals surface area contributed by atoms with Crippen molar-refractivity contribution in [3.8, 4) is 5.75 Å². The molecule has 1 fully saturated rings. The highest BCUT2D eigenvalue weighted by Crippen LogP contribution is 2.44. The summed E-state index contributed by atoms with van der Waals surface area (Å²) in [6.07, 6.45) is 3.65. The third kappa shape index (κ3) is 4.86. The van der Waals surface area contributed by atoms with Crippen LogP contribution in [-0.4, -0.2) is 50.9 Å². The van der Waals surface area contributed by atoms with Crippen molar-refractivity contribution < 1.29 is 29.0 Å². The Labute approximate surface area is 240 Å². The molecule has 0 spiro atoms. The molecule has 1 saturated heterocycles. The van der Waals surface area contributed by atoms with Gasteiger partial charge in [-0.25, -0.2) is 14.8 Å². The summed E-state index contributed by atoms with van der Waals surface area (Å²) in [7, 11) is 1.26. The molecule has 41 heavy (non-hydrogen) atoms. The maximum absolute atomic E-state index is 13.7. The predicted octanol–water partition coefficient (Wildman–Crippen LogP) is 5.31. The standard InChI is InChI=1S/C30H30N4O6S/c1-6-7-14-40-20-12-8-11-19(15-20)23-21(24(35)22-18(4)33-13-9-10-16(2)27(33)32-22)25(36)28(37)34(23)30-31-17(3)26(41-30)29(38)39-5/h8-13,15,23,35H,6-7,14H2,1-5H3. The summed E-state index contributed by atoms with van der Waals surface area (Å²) >= 11 is 0.945. The number of esters is 1. The van der Waals surface area contributed by atoms with Gasteiger partial charge in [-0.1, -0.05) is 42.9 Å². The number of thiazole rings is 1. The minimum Gasteiger partial charge on any atom is -0.505 e. The number of nitrogens with zero attached hydrogens (tertiary/aromatic N) is 4. The van der Waals surface area contributed by atoms with E-state index in [1.165, 1.54) is 12.0 Å². The molecular formula is C30H30N4O6S. The fourth-order valence-corrected chi connectivity index (χ4v) is 5.91. The Morgan fingerprint density at radius 2 is 1.90 bits per heavy atom. The van der Waals surface area contributed by atoms with Gasteiger partial charge in [0.25, 0.3) is 5.78 Å². The average Bonchev–Trinajstić information content (AvgIpc) is 3.60. The molecule has 1 aromatic carbocycles. The molecule has 4 aromatic rings. The fraction of sp³-hybridized carbons (Fsp3) is 0.300. The van der Waals surface area contributed by atoms with E-state index in [9.17, 15) is 19.5 Å². The van der Waals surface area contributed by atoms with Gasteiger partial charge in [-0.05, 0) is 56.5 Å². The third-order valence-electron chi connectivity index (χ3n) is 7.06. The van der Waals surface area contributed by atoms with E-state index >= 15 is 0 Å². The molecule has 5 rings (SSSR count). The Hall–Kier alpha value is -4.51. The number of aryl methyl sites for hydroxylation is 3. The van der Waals surface area contributed by atoms with Crippen molar-refractivity contribution in [3.63, 3.8) is 0 Å². The Morgan fingerprint density at radius 1 is 1.12 bits per heavy atom. The largest absolute Gasteiger partial charge is 0.505 e. The summed E-state index contributed by atoms with van der Waals surface area (Å²) in [6, 6.07) is 9.78. The number of imidazole rings is 1. The fourth-order valence-electron chi connectivity index (χ4n) is 4.90. The smallest absolute Gasteiger partial charge is 0.350 e. The normalized spacial score (nSPS) is 16.5. The molecular weight excluding hydrogens is 544 g/mol. The first-order valence-electron chi connectivity index (χ1n) is 13.2. The number of Topliss-reactive ketones (excluding diaryl/α,β-unsaturated/α-hetero) is 1. The summed E-state index contributed by atoms with van der Waals surface area (Å²) in [4.78, 5) is 50.2. The van der Waals surface area contributed by atoms with E-state index < -0.39 is 29.5 Å². The number of amides is 1. The molecule has 1 unspecified atom stereocenters. The van der Waals surface area contributed by atoms with Crippen LogP contribution in [0, 0.1) is 20.8 Å². The molecule has 0 bridgehead atoms. The second-order valence-electron chi connectivity index (χ2n) is 9.78. The Kier molecular flexibility index (Phi) is 7.63. The maximum atomic E-state index is 13.7. The molecule has 1 aliphatic rings. The molecule has 1 amide bonds. The second kappa shape index (κ2) is 11.2. The number of aliphatic hydroxyl groups excluding tert-OH is 1. The SMILES string of the molecule is CCCCOc1cccc(C2C(=C(O)c3nc4c(C)cccn4c3C)C(=O)C(=O)N2c2nc(C)c(C(=O)OC)s2)c1. The average molecular weight is 575 g/mol. The number of ether oxygens (including phenoxy) is 2. The van der Waals surface area contributed by atoms with Crippen molar-refractivity contribution >= 4 is 45.5 Å². The highest BCUT2D eigenvalue weighted by atomic mass is 32.1. The number of methoxy groups -OCH3 is 1. The van der Waals surface area contributed by atoms with E-state index in [4.69, 9.17) is 9.47 Å². The van der Waals surface area contributed by atoms with Gasteiger partial charge in [0.05, 0.1) is 36.7 Å². The van der Waals surface area contributed by atoms with Gasteiger partial charge >= 0.3 is 11.9 Å². The third-order valence-corrected chi connectivity index (χ3v) is 8.19. The van der Waals surface area contributed by atoms with E-state index in [1.54, 1.807) is 38.1 Å². The van der Waals surface area contributed by atoms with E-state index in [0.29, 0.717) is 35.0 Å². The minimum atomic E-state index is -1.05. The lowest BCUT2D eigenvalue weighted by molar-refractivity contribution is -0.132. The molecule has 10 nitrogen and oxygen atoms in total. The topological polar surface area (TPSA) is 123 Å². The van der Waals surface area contributed by atoms with Gasteiger partial charge in [-0.3, -0.25) is 14.5 Å². The molecule has 11 heteroatoms. The molecule has 1 atom stereocenters. The highest BCUT2D eigenvalue weighted by molar-refractivity contribution is 7.17. The number of hydrogen-bond acceptors (Lipinski definition) is 9. The van der Waals surface area contributed by atoms with Crippen LogP contribution in [0.1, 0.15) is 63.7 Å². The van der Waals surface area contributed by atoms with Crippen LogP contribution in [-0.2, 0) is 14.3 Å².